The molecule has 0 saturated carbocycles. The molecule has 0 aliphatic rings. The van der Waals surface area contributed by atoms with Gasteiger partial charge in [-0.15, -0.1) is 0 Å². The van der Waals surface area contributed by atoms with Gasteiger partial charge in [0.25, 0.3) is 0 Å². The van der Waals surface area contributed by atoms with Gasteiger partial charge in [0.05, 0.1) is 0 Å². The molecule has 0 bridgehead atoms. The summed E-state index contributed by atoms with van der Waals surface area (Å²) in [6.45, 7) is 26.1. The molecule has 0 amide bonds. The fourth-order valence-electron chi connectivity index (χ4n) is 7.45. The molecule has 4 N–H and O–H groups in total. The predicted octanol–water partition coefficient (Wildman–Crippen LogP) is 13.0. The Morgan fingerprint density at radius 3 is 0.845 bits per heavy atom. The molecule has 0 aromatic heterocycles. The SMILES string of the molecule is COP(=O)(OC)C(NCCCCCCCCCCCCNC(c1cc(C(C)(C)C)c(O)c(C(C)(C)C)c1)P(=O)(OC)OC)c1cc(C(C)(C)C)c(O)c(C(C)(C)C)c1. The minimum Gasteiger partial charge on any atom is -0.507 e. The van der Waals surface area contributed by atoms with E-state index in [1.807, 2.05) is 24.3 Å². The van der Waals surface area contributed by atoms with Gasteiger partial charge in [0, 0.05) is 28.4 Å². The first-order valence-corrected chi connectivity index (χ1v) is 24.6. The summed E-state index contributed by atoms with van der Waals surface area (Å²) in [5, 5.41) is 29.5. The topological polar surface area (TPSA) is 136 Å². The van der Waals surface area contributed by atoms with Crippen molar-refractivity contribution in [2.75, 3.05) is 41.5 Å². The zero-order chi connectivity index (χ0) is 44.3. The summed E-state index contributed by atoms with van der Waals surface area (Å²) in [5.74, 6) is -0.754. The van der Waals surface area contributed by atoms with Crippen molar-refractivity contribution in [1.29, 1.82) is 0 Å². The molecule has 0 aliphatic heterocycles. The van der Waals surface area contributed by atoms with Crippen LogP contribution in [0.5, 0.6) is 11.5 Å². The number of unbranched alkanes of at least 4 members (excludes halogenated alkanes) is 9. The summed E-state index contributed by atoms with van der Waals surface area (Å²) in [6.07, 6.45) is 11.0. The Morgan fingerprint density at radius 1 is 0.448 bits per heavy atom. The summed E-state index contributed by atoms with van der Waals surface area (Å²) < 4.78 is 49.7. The maximum Gasteiger partial charge on any atom is 0.351 e. The second-order valence-electron chi connectivity index (χ2n) is 20.0. The normalized spacial score (nSPS) is 14.6. The van der Waals surface area contributed by atoms with Crippen molar-refractivity contribution >= 4 is 15.2 Å². The maximum absolute atomic E-state index is 13.9. The first-order valence-electron chi connectivity index (χ1n) is 21.4. The monoisotopic (exact) mass is 853 g/mol. The van der Waals surface area contributed by atoms with Gasteiger partial charge in [-0.1, -0.05) is 134 Å². The lowest BCUT2D eigenvalue weighted by molar-refractivity contribution is 0.258. The lowest BCUT2D eigenvalue weighted by atomic mass is 9.78. The van der Waals surface area contributed by atoms with Crippen LogP contribution in [0, 0.1) is 0 Å². The molecular formula is C46H82N2O8P2. The van der Waals surface area contributed by atoms with Gasteiger partial charge in [-0.25, -0.2) is 0 Å². The van der Waals surface area contributed by atoms with Crippen molar-refractivity contribution in [1.82, 2.24) is 10.6 Å². The fraction of sp³-hybridized carbons (Fsp3) is 0.739. The van der Waals surface area contributed by atoms with Gasteiger partial charge in [-0.3, -0.25) is 19.8 Å². The Balaban J connectivity index is 1.89. The highest BCUT2D eigenvalue weighted by molar-refractivity contribution is 7.54. The van der Waals surface area contributed by atoms with E-state index in [9.17, 15) is 19.3 Å². The van der Waals surface area contributed by atoms with Crippen LogP contribution < -0.4 is 10.6 Å². The van der Waals surface area contributed by atoms with E-state index in [0.717, 1.165) is 71.9 Å². The summed E-state index contributed by atoms with van der Waals surface area (Å²) in [4.78, 5) is 0. The maximum atomic E-state index is 13.9. The van der Waals surface area contributed by atoms with E-state index >= 15 is 0 Å². The first kappa shape index (κ1) is 52.4. The van der Waals surface area contributed by atoms with Crippen LogP contribution in [0.15, 0.2) is 24.3 Å². The highest BCUT2D eigenvalue weighted by Crippen LogP contribution is 2.60. The van der Waals surface area contributed by atoms with E-state index in [-0.39, 0.29) is 33.2 Å². The Labute approximate surface area is 353 Å². The lowest BCUT2D eigenvalue weighted by Gasteiger charge is -2.31. The van der Waals surface area contributed by atoms with Crippen LogP contribution in [0.2, 0.25) is 0 Å². The van der Waals surface area contributed by atoms with E-state index in [1.54, 1.807) is 0 Å². The molecule has 10 nitrogen and oxygen atoms in total. The van der Waals surface area contributed by atoms with Crippen LogP contribution >= 0.6 is 15.2 Å². The van der Waals surface area contributed by atoms with E-state index in [2.05, 4.69) is 93.7 Å². The Kier molecular flexibility index (Phi) is 19.8. The Bertz CT molecular complexity index is 1470. The molecule has 2 atom stereocenters. The van der Waals surface area contributed by atoms with Crippen molar-refractivity contribution in [2.45, 2.75) is 181 Å². The van der Waals surface area contributed by atoms with Gasteiger partial charge < -0.3 is 28.3 Å². The minimum atomic E-state index is -3.53. The number of aromatic hydroxyl groups is 2. The van der Waals surface area contributed by atoms with Crippen LogP contribution in [-0.4, -0.2) is 51.7 Å². The third-order valence-electron chi connectivity index (χ3n) is 11.1. The zero-order valence-corrected chi connectivity index (χ0v) is 41.0. The largest absolute Gasteiger partial charge is 0.507 e. The second kappa shape index (κ2) is 21.9. The molecule has 58 heavy (non-hydrogen) atoms. The summed E-state index contributed by atoms with van der Waals surface area (Å²) in [7, 11) is -1.36. The molecule has 12 heteroatoms. The standard InChI is InChI=1S/C46H82N2O8P2/c1-43(2,3)35-29-33(30-36(39(35)49)44(4,5)6)41(57(51,53-13)54-14)47-27-25-23-21-19-17-18-20-22-24-26-28-48-42(58(52,55-15)56-16)34-31-37(45(7,8)9)40(50)38(32-34)46(10,11)12/h29-32,41-42,47-50H,17-28H2,1-16H3. The van der Waals surface area contributed by atoms with E-state index < -0.39 is 26.8 Å². The third kappa shape index (κ3) is 14.4. The molecule has 0 radical (unpaired) electrons. The van der Waals surface area contributed by atoms with Crippen LogP contribution in [0.4, 0.5) is 0 Å². The molecule has 2 aromatic rings. The van der Waals surface area contributed by atoms with Crippen molar-refractivity contribution in [3.8, 4) is 11.5 Å². The molecule has 2 unspecified atom stereocenters. The summed E-state index contributed by atoms with van der Waals surface area (Å²) in [5.41, 5.74) is 3.54. The van der Waals surface area contributed by atoms with E-state index in [1.165, 1.54) is 54.1 Å². The predicted molar refractivity (Wildman–Crippen MR) is 242 cm³/mol. The van der Waals surface area contributed by atoms with Crippen LogP contribution in [0.3, 0.4) is 0 Å². The molecule has 2 rings (SSSR count). The van der Waals surface area contributed by atoms with Crippen LogP contribution in [-0.2, 0) is 48.9 Å². The Morgan fingerprint density at radius 2 is 0.655 bits per heavy atom. The van der Waals surface area contributed by atoms with Gasteiger partial charge in [-0.2, -0.15) is 0 Å². The van der Waals surface area contributed by atoms with Crippen LogP contribution in [0.1, 0.15) is 192 Å². The van der Waals surface area contributed by atoms with Crippen LogP contribution in [0.25, 0.3) is 0 Å². The first-order chi connectivity index (χ1) is 26.7. The number of rotatable bonds is 23. The average Bonchev–Trinajstić information content (AvgIpc) is 3.12. The van der Waals surface area contributed by atoms with Gasteiger partial charge >= 0.3 is 15.2 Å². The fourth-order valence-corrected chi connectivity index (χ4v) is 10.3. The van der Waals surface area contributed by atoms with E-state index in [4.69, 9.17) is 18.1 Å². The quantitative estimate of drug-likeness (QED) is 0.0632. The molecule has 0 fully saturated rings. The number of benzene rings is 2. The zero-order valence-electron chi connectivity index (χ0n) is 39.2. The molecule has 0 aliphatic carbocycles. The molecule has 2 aromatic carbocycles. The second-order valence-corrected chi connectivity index (χ2v) is 24.6. The number of phenolic OH excluding ortho intramolecular Hbond substituents is 2. The number of hydrogen-bond acceptors (Lipinski definition) is 10. The number of nitrogens with one attached hydrogen (secondary N) is 2. The third-order valence-corrected chi connectivity index (χ3v) is 15.3. The highest BCUT2D eigenvalue weighted by atomic mass is 31.2. The van der Waals surface area contributed by atoms with Gasteiger partial charge in [0.1, 0.15) is 23.1 Å². The number of phenols is 2. The van der Waals surface area contributed by atoms with Crippen molar-refractivity contribution in [3.63, 3.8) is 0 Å². The molecule has 0 heterocycles. The van der Waals surface area contributed by atoms with Gasteiger partial charge in [-0.05, 0) is 105 Å². The summed E-state index contributed by atoms with van der Waals surface area (Å²) >= 11 is 0. The average molecular weight is 853 g/mol. The molecule has 334 valence electrons. The van der Waals surface area contributed by atoms with Crippen molar-refractivity contribution in [2.24, 2.45) is 0 Å². The van der Waals surface area contributed by atoms with E-state index in [0.29, 0.717) is 13.1 Å². The van der Waals surface area contributed by atoms with Gasteiger partial charge in [0.2, 0.25) is 0 Å². The lowest BCUT2D eigenvalue weighted by Crippen LogP contribution is -2.26. The van der Waals surface area contributed by atoms with Crippen molar-refractivity contribution in [3.05, 3.63) is 57.6 Å². The van der Waals surface area contributed by atoms with Gasteiger partial charge in [0.15, 0.2) is 0 Å². The minimum absolute atomic E-state index is 0.284. The molecule has 0 saturated heterocycles. The number of hydrogen-bond donors (Lipinski definition) is 4. The highest BCUT2D eigenvalue weighted by Gasteiger charge is 2.39. The Hall–Kier alpha value is -1.74. The summed E-state index contributed by atoms with van der Waals surface area (Å²) in [6, 6.07) is 7.79. The van der Waals surface area contributed by atoms with Crippen molar-refractivity contribution < 1.29 is 37.4 Å². The smallest absolute Gasteiger partial charge is 0.351 e. The molecule has 0 spiro atoms. The molecular weight excluding hydrogens is 770 g/mol.